The summed E-state index contributed by atoms with van der Waals surface area (Å²) < 4.78 is 72.6. The summed E-state index contributed by atoms with van der Waals surface area (Å²) in [5.74, 6) is 0. The summed E-state index contributed by atoms with van der Waals surface area (Å²) in [5, 5.41) is 0. The minimum atomic E-state index is -4.10. The van der Waals surface area contributed by atoms with Gasteiger partial charge in [0.05, 0.1) is 46.2 Å². The smallest absolute Gasteiger partial charge is 0.756 e. The van der Waals surface area contributed by atoms with Crippen LogP contribution in [-0.4, -0.2) is 46.2 Å². The van der Waals surface area contributed by atoms with Crippen LogP contribution in [0.15, 0.2) is 12.7 Å². The minimum Gasteiger partial charge on any atom is -0.756 e. The standard InChI is InChI=1S/C27H55O4P.2C24H51O4P.Fe/c1-4-7-9-11-13-15-17-19-21-23-26-30-32(28,29-25-6-3)31-27-24-22-20-18-16-14-12-10-8-5-2;2*1-3-5-7-9-11-13-15-17-19-21-23-27-29(25,26)28-24-22-20-18-16-14-12-10-8-6-4-2;/h6H,3-5,7-27H2,1-2H3;2*3-24H2,1-2H3,(H,25,26);/q;;;+2/p-2. The maximum absolute atomic E-state index is 12.8. The van der Waals surface area contributed by atoms with Gasteiger partial charge < -0.3 is 27.9 Å². The molecule has 0 radical (unpaired) electrons. The van der Waals surface area contributed by atoms with E-state index in [1.807, 2.05) is 0 Å². The van der Waals surface area contributed by atoms with E-state index < -0.39 is 23.5 Å². The van der Waals surface area contributed by atoms with Crippen molar-refractivity contribution in [1.29, 1.82) is 0 Å². The number of rotatable bonds is 75. The Hall–Kier alpha value is 0.589. The summed E-state index contributed by atoms with van der Waals surface area (Å²) in [7, 11) is -11.7. The van der Waals surface area contributed by atoms with Gasteiger partial charge in [0.2, 0.25) is 0 Å². The Morgan fingerprint density at radius 2 is 0.363 bits per heavy atom. The second-order valence-corrected chi connectivity index (χ2v) is 30.5. The summed E-state index contributed by atoms with van der Waals surface area (Å²) in [6, 6.07) is 0. The van der Waals surface area contributed by atoms with E-state index in [0.717, 1.165) is 77.0 Å². The number of unbranched alkanes of at least 4 members (excludes halogenated alkanes) is 54. The second kappa shape index (κ2) is 83.0. The van der Waals surface area contributed by atoms with Crippen LogP contribution in [0, 0.1) is 0 Å². The summed E-state index contributed by atoms with van der Waals surface area (Å²) in [4.78, 5) is 23.5. The molecular formula is C75H155FeO12P3. The normalized spacial score (nSPS) is 11.8. The third-order valence-electron chi connectivity index (χ3n) is 16.8. The molecule has 12 nitrogen and oxygen atoms in total. The molecule has 0 fully saturated rings. The van der Waals surface area contributed by atoms with E-state index in [9.17, 15) is 23.5 Å². The van der Waals surface area contributed by atoms with Crippen LogP contribution in [0.1, 0.15) is 427 Å². The van der Waals surface area contributed by atoms with Gasteiger partial charge in [0, 0.05) is 0 Å². The molecule has 0 atom stereocenters. The van der Waals surface area contributed by atoms with Gasteiger partial charge >= 0.3 is 24.9 Å². The molecule has 0 aliphatic carbocycles. The zero-order valence-corrected chi connectivity index (χ0v) is 65.0. The Bertz CT molecular complexity index is 1340. The first-order chi connectivity index (χ1) is 43.9. The molecule has 0 aromatic heterocycles. The maximum atomic E-state index is 12.8. The molecule has 16 heteroatoms. The third kappa shape index (κ3) is 88.6. The number of phosphoric acid groups is 3. The van der Waals surface area contributed by atoms with Crippen molar-refractivity contribution >= 4 is 23.5 Å². The molecule has 0 heterocycles. The molecular weight excluding hydrogens is 1240 g/mol. The number of phosphoric ester groups is 3. The van der Waals surface area contributed by atoms with Crippen molar-refractivity contribution in [3.63, 3.8) is 0 Å². The van der Waals surface area contributed by atoms with Gasteiger partial charge in [-0.05, 0) is 38.5 Å². The second-order valence-electron chi connectivity index (χ2n) is 26.0. The fourth-order valence-electron chi connectivity index (χ4n) is 10.9. The van der Waals surface area contributed by atoms with E-state index in [1.54, 1.807) is 6.08 Å². The molecule has 0 saturated carbocycles. The van der Waals surface area contributed by atoms with E-state index in [-0.39, 0.29) is 50.1 Å². The van der Waals surface area contributed by atoms with E-state index in [0.29, 0.717) is 13.2 Å². The Morgan fingerprint density at radius 3 is 0.505 bits per heavy atom. The van der Waals surface area contributed by atoms with Crippen LogP contribution in [-0.2, 0) is 62.4 Å². The molecule has 0 N–H and O–H groups in total. The molecule has 0 rings (SSSR count). The first-order valence-corrected chi connectivity index (χ1v) is 43.7. The van der Waals surface area contributed by atoms with E-state index in [2.05, 4.69) is 48.1 Å². The summed E-state index contributed by atoms with van der Waals surface area (Å²) in [6.45, 7) is 19.2. The first-order valence-electron chi connectivity index (χ1n) is 39.3. The Morgan fingerprint density at radius 1 is 0.231 bits per heavy atom. The van der Waals surface area contributed by atoms with Gasteiger partial charge in [0.15, 0.2) is 0 Å². The van der Waals surface area contributed by atoms with Crippen LogP contribution in [0.5, 0.6) is 0 Å². The van der Waals surface area contributed by atoms with Crippen LogP contribution in [0.2, 0.25) is 0 Å². The molecule has 550 valence electrons. The molecule has 0 aromatic rings. The maximum Gasteiger partial charge on any atom is 2.00 e. The summed E-state index contributed by atoms with van der Waals surface area (Å²) >= 11 is 0. The average Bonchev–Trinajstić information content (AvgIpc) is 3.74. The fourth-order valence-corrected chi connectivity index (χ4v) is 13.7. The zero-order valence-electron chi connectivity index (χ0n) is 61.3. The van der Waals surface area contributed by atoms with Crippen molar-refractivity contribution in [3.05, 3.63) is 12.7 Å². The van der Waals surface area contributed by atoms with Crippen molar-refractivity contribution < 1.29 is 72.2 Å². The SMILES string of the molecule is C=CCOP(=O)(OCCCCCCCCCCCC)OCCCCCCCCCCCC.CCCCCCCCCCCCOP(=O)([O-])OCCCCCCCCCCCC.CCCCCCCCCCCCOP(=O)([O-])OCCCCCCCCCCCC.[Fe+2]. The number of hydrogen-bond donors (Lipinski definition) is 0. The first kappa shape index (κ1) is 98.0. The van der Waals surface area contributed by atoms with E-state index in [4.69, 9.17) is 31.7 Å². The van der Waals surface area contributed by atoms with Crippen LogP contribution in [0.4, 0.5) is 0 Å². The largest absolute Gasteiger partial charge is 2.00 e. The molecule has 0 saturated heterocycles. The van der Waals surface area contributed by atoms with E-state index in [1.165, 1.54) is 308 Å². The predicted molar refractivity (Wildman–Crippen MR) is 386 cm³/mol. The van der Waals surface area contributed by atoms with Crippen molar-refractivity contribution in [1.82, 2.24) is 0 Å². The minimum absolute atomic E-state index is 0. The molecule has 0 spiro atoms. The number of hydrogen-bond acceptors (Lipinski definition) is 12. The monoisotopic (exact) mass is 1400 g/mol. The molecule has 0 bridgehead atoms. The Balaban J connectivity index is -0.000000621. The van der Waals surface area contributed by atoms with Gasteiger partial charge in [0.1, 0.15) is 0 Å². The molecule has 0 aliphatic heterocycles. The van der Waals surface area contributed by atoms with Gasteiger partial charge in [-0.25, -0.2) is 4.57 Å². The quantitative estimate of drug-likeness (QED) is 0.0246. The van der Waals surface area contributed by atoms with Crippen LogP contribution >= 0.6 is 23.5 Å². The average molecular weight is 1400 g/mol. The van der Waals surface area contributed by atoms with Crippen molar-refractivity contribution in [2.75, 3.05) is 46.2 Å². The van der Waals surface area contributed by atoms with Gasteiger partial charge in [-0.2, -0.15) is 0 Å². The molecule has 0 unspecified atom stereocenters. The fraction of sp³-hybridized carbons (Fsp3) is 0.973. The van der Waals surface area contributed by atoms with Crippen LogP contribution < -0.4 is 9.79 Å². The van der Waals surface area contributed by atoms with Crippen molar-refractivity contribution in [2.45, 2.75) is 427 Å². The van der Waals surface area contributed by atoms with E-state index >= 15 is 0 Å². The van der Waals surface area contributed by atoms with Crippen molar-refractivity contribution in [3.8, 4) is 0 Å². The van der Waals surface area contributed by atoms with Crippen molar-refractivity contribution in [2.24, 2.45) is 0 Å². The summed E-state index contributed by atoms with van der Waals surface area (Å²) in [6.07, 6.45) is 75.8. The molecule has 0 aliphatic rings. The Labute approximate surface area is 578 Å². The molecule has 0 amide bonds. The summed E-state index contributed by atoms with van der Waals surface area (Å²) in [5.41, 5.74) is 0. The molecule has 91 heavy (non-hydrogen) atoms. The van der Waals surface area contributed by atoms with Crippen LogP contribution in [0.3, 0.4) is 0 Å². The van der Waals surface area contributed by atoms with Crippen LogP contribution in [0.25, 0.3) is 0 Å². The van der Waals surface area contributed by atoms with Gasteiger partial charge in [-0.15, -0.1) is 6.58 Å². The van der Waals surface area contributed by atoms with Gasteiger partial charge in [-0.1, -0.05) is 394 Å². The molecule has 0 aromatic carbocycles. The third-order valence-corrected chi connectivity index (χ3v) is 20.3. The zero-order chi connectivity index (χ0) is 66.5. The van der Waals surface area contributed by atoms with Gasteiger partial charge in [-0.3, -0.25) is 22.7 Å². The van der Waals surface area contributed by atoms with Gasteiger partial charge in [0.25, 0.3) is 15.6 Å². The topological polar surface area (TPSA) is 162 Å². The Kier molecular flexibility index (Phi) is 89.4. The predicted octanol–water partition coefficient (Wildman–Crippen LogP) is 26.8.